The van der Waals surface area contributed by atoms with Crippen LogP contribution >= 0.6 is 11.6 Å². The molecule has 4 rings (SSSR count). The molecule has 1 fully saturated rings. The van der Waals surface area contributed by atoms with E-state index in [4.69, 9.17) is 16.3 Å². The number of rotatable bonds is 6. The van der Waals surface area contributed by atoms with Crippen LogP contribution in [0, 0.1) is 12.7 Å². The Morgan fingerprint density at radius 1 is 1.28 bits per heavy atom. The monoisotopic (exact) mass is 456 g/mol. The van der Waals surface area contributed by atoms with Crippen LogP contribution in [-0.4, -0.2) is 40.1 Å². The summed E-state index contributed by atoms with van der Waals surface area (Å²) < 4.78 is 21.0. The van der Waals surface area contributed by atoms with Crippen LogP contribution in [0.1, 0.15) is 37.1 Å². The van der Waals surface area contributed by atoms with Crippen molar-refractivity contribution in [3.05, 3.63) is 71.0 Å². The number of aromatic nitrogens is 2. The van der Waals surface area contributed by atoms with Crippen LogP contribution in [0.25, 0.3) is 5.69 Å². The van der Waals surface area contributed by atoms with Gasteiger partial charge in [0.15, 0.2) is 0 Å². The predicted octanol–water partition coefficient (Wildman–Crippen LogP) is 5.15. The first-order valence-electron chi connectivity index (χ1n) is 10.6. The highest BCUT2D eigenvalue weighted by Gasteiger charge is 2.32. The molecular weight excluding hydrogens is 431 g/mol. The summed E-state index contributed by atoms with van der Waals surface area (Å²) in [5.41, 5.74) is 3.41. The molecule has 3 aromatic rings. The summed E-state index contributed by atoms with van der Waals surface area (Å²) in [5, 5.41) is 3.43. The molecule has 0 radical (unpaired) electrons. The second-order valence-corrected chi connectivity index (χ2v) is 8.44. The Kier molecular flexibility index (Phi) is 6.37. The van der Waals surface area contributed by atoms with Crippen LogP contribution in [0.4, 0.5) is 10.1 Å². The van der Waals surface area contributed by atoms with E-state index in [0.29, 0.717) is 12.3 Å². The highest BCUT2D eigenvalue weighted by atomic mass is 35.5. The molecular formula is C24H26ClFN4O2. The molecule has 2 heterocycles. The van der Waals surface area contributed by atoms with Crippen molar-refractivity contribution in [1.29, 1.82) is 0 Å². The molecule has 1 amide bonds. The quantitative estimate of drug-likeness (QED) is 0.557. The number of nitrogens with one attached hydrogen (secondary N) is 1. The van der Waals surface area contributed by atoms with E-state index in [1.165, 1.54) is 6.07 Å². The number of piperidine rings is 1. The highest BCUT2D eigenvalue weighted by Crippen LogP contribution is 2.31. The van der Waals surface area contributed by atoms with Crippen LogP contribution in [0.5, 0.6) is 5.75 Å². The van der Waals surface area contributed by atoms with E-state index >= 15 is 0 Å². The first-order valence-corrected chi connectivity index (χ1v) is 11.0. The molecule has 8 heteroatoms. The van der Waals surface area contributed by atoms with E-state index in [0.717, 1.165) is 35.5 Å². The fourth-order valence-corrected chi connectivity index (χ4v) is 4.29. The Labute approximate surface area is 192 Å². The summed E-state index contributed by atoms with van der Waals surface area (Å²) in [5.74, 6) is 0.231. The van der Waals surface area contributed by atoms with Gasteiger partial charge in [-0.1, -0.05) is 17.7 Å². The van der Waals surface area contributed by atoms with Gasteiger partial charge in [-0.3, -0.25) is 4.79 Å². The Bertz CT molecular complexity index is 1130. The number of carbonyl (C=O) groups is 1. The number of ether oxygens (including phenoxy) is 1. The van der Waals surface area contributed by atoms with Gasteiger partial charge in [-0.2, -0.15) is 0 Å². The number of amides is 1. The molecule has 0 saturated carbocycles. The number of benzene rings is 2. The van der Waals surface area contributed by atoms with Gasteiger partial charge in [0.25, 0.3) is 0 Å². The number of anilines is 1. The van der Waals surface area contributed by atoms with E-state index in [2.05, 4.69) is 10.3 Å². The largest absolute Gasteiger partial charge is 0.494 e. The molecule has 1 N–H and O–H groups in total. The third-order valence-electron chi connectivity index (χ3n) is 5.88. The van der Waals surface area contributed by atoms with Crippen molar-refractivity contribution < 1.29 is 13.9 Å². The topological polar surface area (TPSA) is 59.4 Å². The van der Waals surface area contributed by atoms with E-state index < -0.39 is 5.82 Å². The average molecular weight is 457 g/mol. The SMILES string of the molecule is COc1cc(NC2CCCN(C(C)c3ccc(F)c(Cl)c3)C2=O)ccc1-n1cnc(C)c1. The first-order chi connectivity index (χ1) is 15.4. The lowest BCUT2D eigenvalue weighted by atomic mass is 9.99. The molecule has 168 valence electrons. The summed E-state index contributed by atoms with van der Waals surface area (Å²) >= 11 is 5.95. The normalized spacial score (nSPS) is 17.3. The van der Waals surface area contributed by atoms with Crippen molar-refractivity contribution in [2.75, 3.05) is 19.0 Å². The van der Waals surface area contributed by atoms with Gasteiger partial charge in [-0.05, 0) is 56.5 Å². The minimum absolute atomic E-state index is 0.0116. The van der Waals surface area contributed by atoms with Crippen molar-refractivity contribution in [2.24, 2.45) is 0 Å². The fourth-order valence-electron chi connectivity index (χ4n) is 4.11. The molecule has 32 heavy (non-hydrogen) atoms. The predicted molar refractivity (Wildman–Crippen MR) is 123 cm³/mol. The standard InChI is InChI=1S/C24H26ClFN4O2/c1-15-13-29(14-27-15)22-9-7-18(12-23(22)32-3)28-21-5-4-10-30(24(21)31)16(2)17-6-8-20(26)19(25)11-17/h6-9,11-14,16,21,28H,4-5,10H2,1-3H3. The van der Waals surface area contributed by atoms with Gasteiger partial charge in [0, 0.05) is 24.5 Å². The first kappa shape index (κ1) is 22.1. The lowest BCUT2D eigenvalue weighted by molar-refractivity contribution is -0.136. The number of carbonyl (C=O) groups excluding carboxylic acids is 1. The Hall–Kier alpha value is -3.06. The average Bonchev–Trinajstić information content (AvgIpc) is 3.22. The maximum absolute atomic E-state index is 13.5. The van der Waals surface area contributed by atoms with Gasteiger partial charge < -0.3 is 19.5 Å². The van der Waals surface area contributed by atoms with Gasteiger partial charge in [0.1, 0.15) is 17.6 Å². The summed E-state index contributed by atoms with van der Waals surface area (Å²) in [4.78, 5) is 19.3. The number of hydrogen-bond acceptors (Lipinski definition) is 4. The third kappa shape index (κ3) is 4.43. The van der Waals surface area contributed by atoms with Crippen molar-refractivity contribution in [2.45, 2.75) is 38.8 Å². The van der Waals surface area contributed by atoms with Crippen LogP contribution in [0.15, 0.2) is 48.9 Å². The number of hydrogen-bond donors (Lipinski definition) is 1. The summed E-state index contributed by atoms with van der Waals surface area (Å²) in [6.45, 7) is 4.52. The zero-order valence-electron chi connectivity index (χ0n) is 18.3. The second kappa shape index (κ2) is 9.20. The molecule has 0 spiro atoms. The van der Waals surface area contributed by atoms with Crippen LogP contribution in [0.2, 0.25) is 5.02 Å². The molecule has 1 saturated heterocycles. The molecule has 2 atom stereocenters. The minimum Gasteiger partial charge on any atom is -0.494 e. The number of halogens is 2. The highest BCUT2D eigenvalue weighted by molar-refractivity contribution is 6.30. The Balaban J connectivity index is 1.51. The fraction of sp³-hybridized carbons (Fsp3) is 0.333. The van der Waals surface area contributed by atoms with Crippen molar-refractivity contribution in [3.8, 4) is 11.4 Å². The molecule has 1 aliphatic rings. The maximum atomic E-state index is 13.5. The summed E-state index contributed by atoms with van der Waals surface area (Å²) in [6, 6.07) is 9.82. The van der Waals surface area contributed by atoms with Gasteiger partial charge in [0.05, 0.1) is 35.9 Å². The number of likely N-dealkylation sites (tertiary alicyclic amines) is 1. The van der Waals surface area contributed by atoms with Gasteiger partial charge in [-0.15, -0.1) is 0 Å². The maximum Gasteiger partial charge on any atom is 0.245 e. The summed E-state index contributed by atoms with van der Waals surface area (Å²) in [6.07, 6.45) is 5.27. The van der Waals surface area contributed by atoms with Crippen molar-refractivity contribution >= 4 is 23.2 Å². The lowest BCUT2D eigenvalue weighted by Gasteiger charge is -2.37. The van der Waals surface area contributed by atoms with E-state index in [-0.39, 0.29) is 23.0 Å². The zero-order chi connectivity index (χ0) is 22.8. The molecule has 6 nitrogen and oxygen atoms in total. The van der Waals surface area contributed by atoms with Gasteiger partial charge >= 0.3 is 0 Å². The van der Waals surface area contributed by atoms with Gasteiger partial charge in [-0.25, -0.2) is 9.37 Å². The summed E-state index contributed by atoms with van der Waals surface area (Å²) in [7, 11) is 1.62. The molecule has 0 bridgehead atoms. The number of nitrogens with zero attached hydrogens (tertiary/aromatic N) is 3. The van der Waals surface area contributed by atoms with Crippen LogP contribution in [-0.2, 0) is 4.79 Å². The van der Waals surface area contributed by atoms with Gasteiger partial charge in [0.2, 0.25) is 5.91 Å². The molecule has 2 unspecified atom stereocenters. The Morgan fingerprint density at radius 3 is 2.78 bits per heavy atom. The van der Waals surface area contributed by atoms with E-state index in [9.17, 15) is 9.18 Å². The number of methoxy groups -OCH3 is 1. The Morgan fingerprint density at radius 2 is 2.09 bits per heavy atom. The third-order valence-corrected chi connectivity index (χ3v) is 6.17. The molecule has 1 aromatic heterocycles. The van der Waals surface area contributed by atoms with E-state index in [1.807, 2.05) is 47.7 Å². The van der Waals surface area contributed by atoms with Crippen LogP contribution in [0.3, 0.4) is 0 Å². The van der Waals surface area contributed by atoms with E-state index in [1.54, 1.807) is 25.6 Å². The second-order valence-electron chi connectivity index (χ2n) is 8.03. The molecule has 2 aromatic carbocycles. The number of aryl methyl sites for hydroxylation is 1. The molecule has 1 aliphatic heterocycles. The smallest absolute Gasteiger partial charge is 0.245 e. The van der Waals surface area contributed by atoms with Crippen molar-refractivity contribution in [1.82, 2.24) is 14.5 Å². The van der Waals surface area contributed by atoms with Crippen LogP contribution < -0.4 is 10.1 Å². The zero-order valence-corrected chi connectivity index (χ0v) is 19.1. The van der Waals surface area contributed by atoms with Crippen molar-refractivity contribution in [3.63, 3.8) is 0 Å². The lowest BCUT2D eigenvalue weighted by Crippen LogP contribution is -2.48. The minimum atomic E-state index is -0.463. The number of imidazole rings is 1. The molecule has 0 aliphatic carbocycles.